The average Bonchev–Trinajstić information content (AvgIpc) is 3.14. The van der Waals surface area contributed by atoms with Gasteiger partial charge >= 0.3 is 0 Å². The Labute approximate surface area is 211 Å². The Morgan fingerprint density at radius 3 is 2.54 bits per heavy atom. The molecule has 0 fully saturated rings. The highest BCUT2D eigenvalue weighted by Gasteiger charge is 2.24. The van der Waals surface area contributed by atoms with Gasteiger partial charge in [-0.25, -0.2) is 9.37 Å². The maximum absolute atomic E-state index is 13.8. The number of halogens is 2. The Morgan fingerprint density at radius 2 is 1.83 bits per heavy atom. The summed E-state index contributed by atoms with van der Waals surface area (Å²) in [6.45, 7) is 7.85. The van der Waals surface area contributed by atoms with Crippen LogP contribution in [0, 0.1) is 12.7 Å². The van der Waals surface area contributed by atoms with E-state index in [1.807, 2.05) is 25.1 Å². The van der Waals surface area contributed by atoms with E-state index in [4.69, 9.17) is 11.6 Å². The molecule has 0 unspecified atom stereocenters. The SMILES string of the molecule is C=C(C)Nc1cc(-c2c(-c3ccc(F)cn3)c3ncc(Cl)cc3n2Sc2ccc(C)cc2)ccn1. The molecule has 5 aromatic rings. The first-order valence-electron chi connectivity index (χ1n) is 10.8. The van der Waals surface area contributed by atoms with Crippen LogP contribution in [0.3, 0.4) is 0 Å². The van der Waals surface area contributed by atoms with Crippen LogP contribution < -0.4 is 5.32 Å². The van der Waals surface area contributed by atoms with Crippen LogP contribution in [0.4, 0.5) is 10.2 Å². The summed E-state index contributed by atoms with van der Waals surface area (Å²) in [4.78, 5) is 14.5. The summed E-state index contributed by atoms with van der Waals surface area (Å²) < 4.78 is 15.9. The molecule has 0 saturated heterocycles. The van der Waals surface area contributed by atoms with Crippen molar-refractivity contribution in [3.8, 4) is 22.5 Å². The first-order valence-corrected chi connectivity index (χ1v) is 12.0. The van der Waals surface area contributed by atoms with Crippen LogP contribution in [0.15, 0.2) is 90.4 Å². The number of hydrogen-bond acceptors (Lipinski definition) is 5. The fourth-order valence-corrected chi connectivity index (χ4v) is 4.95. The molecule has 1 aromatic carbocycles. The van der Waals surface area contributed by atoms with Crippen molar-refractivity contribution in [3.63, 3.8) is 0 Å². The van der Waals surface area contributed by atoms with Gasteiger partial charge in [0, 0.05) is 28.5 Å². The summed E-state index contributed by atoms with van der Waals surface area (Å²) in [5, 5.41) is 3.70. The number of hydrogen-bond donors (Lipinski definition) is 1. The van der Waals surface area contributed by atoms with E-state index in [0.29, 0.717) is 22.1 Å². The van der Waals surface area contributed by atoms with E-state index in [-0.39, 0.29) is 0 Å². The monoisotopic (exact) mass is 501 g/mol. The van der Waals surface area contributed by atoms with Crippen molar-refractivity contribution in [2.75, 3.05) is 5.32 Å². The zero-order valence-corrected chi connectivity index (χ0v) is 20.7. The van der Waals surface area contributed by atoms with Gasteiger partial charge in [0.1, 0.15) is 11.6 Å². The van der Waals surface area contributed by atoms with Crippen molar-refractivity contribution in [1.29, 1.82) is 0 Å². The van der Waals surface area contributed by atoms with E-state index in [0.717, 1.165) is 32.9 Å². The molecule has 0 aliphatic carbocycles. The topological polar surface area (TPSA) is 55.6 Å². The largest absolute Gasteiger partial charge is 0.345 e. The smallest absolute Gasteiger partial charge is 0.141 e. The minimum absolute atomic E-state index is 0.402. The summed E-state index contributed by atoms with van der Waals surface area (Å²) in [7, 11) is 0. The average molecular weight is 502 g/mol. The molecule has 174 valence electrons. The van der Waals surface area contributed by atoms with Crippen LogP contribution in [0.2, 0.25) is 5.02 Å². The molecule has 4 aromatic heterocycles. The first-order chi connectivity index (χ1) is 16.9. The molecule has 0 spiro atoms. The fraction of sp³-hybridized carbons (Fsp3) is 0.0741. The van der Waals surface area contributed by atoms with E-state index in [1.54, 1.807) is 30.4 Å². The second-order valence-electron chi connectivity index (χ2n) is 8.14. The molecule has 4 heterocycles. The van der Waals surface area contributed by atoms with Gasteiger partial charge < -0.3 is 5.32 Å². The number of fused-ring (bicyclic) bond motifs is 1. The second-order valence-corrected chi connectivity index (χ2v) is 9.60. The predicted molar refractivity (Wildman–Crippen MR) is 142 cm³/mol. The summed E-state index contributed by atoms with van der Waals surface area (Å²) >= 11 is 7.94. The van der Waals surface area contributed by atoms with Gasteiger partial charge in [-0.1, -0.05) is 35.9 Å². The Bertz CT molecular complexity index is 1550. The third kappa shape index (κ3) is 4.78. The number of rotatable bonds is 6. The van der Waals surface area contributed by atoms with E-state index < -0.39 is 5.82 Å². The first kappa shape index (κ1) is 23.1. The second kappa shape index (κ2) is 9.52. The molecule has 5 nitrogen and oxygen atoms in total. The number of nitrogens with zero attached hydrogens (tertiary/aromatic N) is 4. The van der Waals surface area contributed by atoms with Gasteiger partial charge in [-0.15, -0.1) is 0 Å². The van der Waals surface area contributed by atoms with Gasteiger partial charge in [-0.05, 0) is 68.3 Å². The number of benzene rings is 1. The predicted octanol–water partition coefficient (Wildman–Crippen LogP) is 7.76. The van der Waals surface area contributed by atoms with Crippen molar-refractivity contribution >= 4 is 40.4 Å². The zero-order chi connectivity index (χ0) is 24.5. The third-order valence-electron chi connectivity index (χ3n) is 5.31. The zero-order valence-electron chi connectivity index (χ0n) is 19.1. The van der Waals surface area contributed by atoms with E-state index in [2.05, 4.69) is 62.0 Å². The van der Waals surface area contributed by atoms with Gasteiger partial charge in [-0.2, -0.15) is 0 Å². The molecule has 0 amide bonds. The normalized spacial score (nSPS) is 11.1. The van der Waals surface area contributed by atoms with Gasteiger partial charge in [0.15, 0.2) is 0 Å². The van der Waals surface area contributed by atoms with Crippen molar-refractivity contribution in [2.24, 2.45) is 0 Å². The lowest BCUT2D eigenvalue weighted by Crippen LogP contribution is -1.98. The fourth-order valence-electron chi connectivity index (χ4n) is 3.80. The quantitative estimate of drug-likeness (QED) is 0.257. The Hall–Kier alpha value is -3.68. The summed E-state index contributed by atoms with van der Waals surface area (Å²) in [6, 6.07) is 17.1. The molecule has 0 saturated carbocycles. The van der Waals surface area contributed by atoms with E-state index in [1.165, 1.54) is 17.8 Å². The van der Waals surface area contributed by atoms with Crippen LogP contribution in [0.25, 0.3) is 33.5 Å². The Balaban J connectivity index is 1.82. The van der Waals surface area contributed by atoms with E-state index in [9.17, 15) is 4.39 Å². The van der Waals surface area contributed by atoms with E-state index >= 15 is 0 Å². The number of nitrogens with one attached hydrogen (secondary N) is 1. The lowest BCUT2D eigenvalue weighted by molar-refractivity contribution is 0.622. The van der Waals surface area contributed by atoms with Crippen molar-refractivity contribution < 1.29 is 4.39 Å². The molecule has 8 heteroatoms. The van der Waals surface area contributed by atoms with Gasteiger partial charge in [-0.3, -0.25) is 13.9 Å². The maximum Gasteiger partial charge on any atom is 0.141 e. The molecule has 0 bridgehead atoms. The number of allylic oxidation sites excluding steroid dienone is 1. The number of anilines is 1. The summed E-state index contributed by atoms with van der Waals surface area (Å²) in [5.41, 5.74) is 6.63. The van der Waals surface area contributed by atoms with Gasteiger partial charge in [0.05, 0.1) is 39.2 Å². The summed E-state index contributed by atoms with van der Waals surface area (Å²) in [6.07, 6.45) is 4.57. The minimum Gasteiger partial charge on any atom is -0.345 e. The minimum atomic E-state index is -0.402. The molecular formula is C27H21ClFN5S. The molecule has 0 aliphatic heterocycles. The molecule has 35 heavy (non-hydrogen) atoms. The summed E-state index contributed by atoms with van der Waals surface area (Å²) in [5.74, 6) is 0.261. The molecular weight excluding hydrogens is 481 g/mol. The Morgan fingerprint density at radius 1 is 1.03 bits per heavy atom. The van der Waals surface area contributed by atoms with Crippen LogP contribution in [-0.2, 0) is 0 Å². The van der Waals surface area contributed by atoms with Gasteiger partial charge in [0.2, 0.25) is 0 Å². The van der Waals surface area contributed by atoms with Crippen molar-refractivity contribution in [1.82, 2.24) is 18.9 Å². The molecule has 0 atom stereocenters. The molecule has 0 radical (unpaired) electrons. The van der Waals surface area contributed by atoms with Gasteiger partial charge in [0.25, 0.3) is 0 Å². The molecule has 0 aliphatic rings. The highest BCUT2D eigenvalue weighted by molar-refractivity contribution is 7.98. The lowest BCUT2D eigenvalue weighted by Gasteiger charge is -2.13. The van der Waals surface area contributed by atoms with Crippen LogP contribution in [0.1, 0.15) is 12.5 Å². The van der Waals surface area contributed by atoms with Crippen molar-refractivity contribution in [3.05, 3.63) is 102 Å². The number of aromatic nitrogens is 4. The van der Waals surface area contributed by atoms with Crippen LogP contribution >= 0.6 is 23.5 Å². The maximum atomic E-state index is 13.8. The number of aryl methyl sites for hydroxylation is 1. The Kier molecular flexibility index (Phi) is 6.28. The molecule has 5 rings (SSSR count). The van der Waals surface area contributed by atoms with Crippen LogP contribution in [-0.4, -0.2) is 18.9 Å². The lowest BCUT2D eigenvalue weighted by atomic mass is 10.0. The highest BCUT2D eigenvalue weighted by atomic mass is 35.5. The van der Waals surface area contributed by atoms with Crippen molar-refractivity contribution in [2.45, 2.75) is 18.7 Å². The molecule has 1 N–H and O–H groups in total. The standard InChI is InChI=1S/C27H21ClFN5S/c1-16(2)33-24-12-18(10-11-30-24)27-25(22-9-6-20(29)15-31-22)26-23(13-19(28)14-32-26)34(27)35-21-7-4-17(3)5-8-21/h4-15H,1H2,2-3H3,(H,30,33). The highest BCUT2D eigenvalue weighted by Crippen LogP contribution is 2.44. The number of pyridine rings is 3. The van der Waals surface area contributed by atoms with Crippen LogP contribution in [0.5, 0.6) is 0 Å². The third-order valence-corrected chi connectivity index (χ3v) is 6.56.